The maximum absolute atomic E-state index is 12.6. The highest BCUT2D eigenvalue weighted by Gasteiger charge is 2.20. The lowest BCUT2D eigenvalue weighted by atomic mass is 10.1. The maximum atomic E-state index is 12.6. The Balaban J connectivity index is 1.68. The molecule has 0 aliphatic carbocycles. The molecule has 4 nitrogen and oxygen atoms in total. The van der Waals surface area contributed by atoms with Gasteiger partial charge in [0, 0.05) is 18.0 Å². The van der Waals surface area contributed by atoms with Crippen molar-refractivity contribution in [1.29, 1.82) is 0 Å². The number of carbonyl (C=O) groups excluding carboxylic acids is 2. The first-order valence-electron chi connectivity index (χ1n) is 8.83. The molecule has 1 saturated heterocycles. The van der Waals surface area contributed by atoms with Crippen molar-refractivity contribution in [3.63, 3.8) is 0 Å². The Bertz CT molecular complexity index is 813. The van der Waals surface area contributed by atoms with Gasteiger partial charge < -0.3 is 9.64 Å². The van der Waals surface area contributed by atoms with Gasteiger partial charge in [-0.25, -0.2) is 4.79 Å². The Morgan fingerprint density at radius 1 is 1.04 bits per heavy atom. The minimum absolute atomic E-state index is 0.129. The average Bonchev–Trinajstić information content (AvgIpc) is 3.18. The van der Waals surface area contributed by atoms with E-state index in [1.54, 1.807) is 12.1 Å². The van der Waals surface area contributed by atoms with Crippen molar-refractivity contribution >= 4 is 23.6 Å². The quantitative estimate of drug-likeness (QED) is 0.449. The molecule has 136 valence electrons. The van der Waals surface area contributed by atoms with E-state index in [0.29, 0.717) is 17.1 Å². The first-order chi connectivity index (χ1) is 12.5. The van der Waals surface area contributed by atoms with E-state index in [1.807, 2.05) is 49.1 Å². The number of hydrogen-bond acceptors (Lipinski definition) is 4. The molecular formula is C21H23NO3S. The number of benzene rings is 2. The van der Waals surface area contributed by atoms with E-state index in [9.17, 15) is 9.59 Å². The molecule has 0 saturated carbocycles. The second-order valence-corrected chi connectivity index (χ2v) is 7.53. The van der Waals surface area contributed by atoms with E-state index < -0.39 is 5.97 Å². The van der Waals surface area contributed by atoms with E-state index in [-0.39, 0.29) is 5.91 Å². The summed E-state index contributed by atoms with van der Waals surface area (Å²) < 4.78 is 5.54. The Morgan fingerprint density at radius 3 is 2.50 bits per heavy atom. The molecule has 0 radical (unpaired) electrons. The lowest BCUT2D eigenvalue weighted by molar-refractivity contribution is -0.127. The molecule has 5 heteroatoms. The summed E-state index contributed by atoms with van der Waals surface area (Å²) in [5.74, 6) is 0.606. The third kappa shape index (κ3) is 4.47. The third-order valence-electron chi connectivity index (χ3n) is 4.61. The Morgan fingerprint density at radius 2 is 1.77 bits per heavy atom. The molecule has 0 atom stereocenters. The standard InChI is InChI=1S/C21H23NO3S/c1-15-9-10-17(13-16(15)2)25-21(24)18-7-3-4-8-19(18)26-14-20(23)22-11-5-6-12-22/h3-4,7-10,13H,5-6,11-12,14H2,1-2H3. The van der Waals surface area contributed by atoms with Crippen molar-refractivity contribution in [1.82, 2.24) is 4.90 Å². The molecule has 1 amide bonds. The van der Waals surface area contributed by atoms with Crippen molar-refractivity contribution in [2.24, 2.45) is 0 Å². The molecule has 0 bridgehead atoms. The number of rotatable bonds is 5. The smallest absolute Gasteiger partial charge is 0.344 e. The van der Waals surface area contributed by atoms with Gasteiger partial charge in [0.15, 0.2) is 0 Å². The van der Waals surface area contributed by atoms with Crippen molar-refractivity contribution in [2.45, 2.75) is 31.6 Å². The number of hydrogen-bond donors (Lipinski definition) is 0. The van der Waals surface area contributed by atoms with Crippen molar-refractivity contribution in [2.75, 3.05) is 18.8 Å². The Hall–Kier alpha value is -2.27. The predicted octanol–water partition coefficient (Wildman–Crippen LogP) is 4.24. The van der Waals surface area contributed by atoms with Crippen LogP contribution in [0.1, 0.15) is 34.3 Å². The lowest BCUT2D eigenvalue weighted by Crippen LogP contribution is -2.29. The fourth-order valence-electron chi connectivity index (χ4n) is 2.90. The van der Waals surface area contributed by atoms with Crippen LogP contribution in [0, 0.1) is 13.8 Å². The maximum Gasteiger partial charge on any atom is 0.344 e. The van der Waals surface area contributed by atoms with Gasteiger partial charge in [0.25, 0.3) is 0 Å². The monoisotopic (exact) mass is 369 g/mol. The summed E-state index contributed by atoms with van der Waals surface area (Å²) in [7, 11) is 0. The first kappa shape index (κ1) is 18.5. The van der Waals surface area contributed by atoms with Crippen LogP contribution in [0.5, 0.6) is 5.75 Å². The number of esters is 1. The number of thioether (sulfide) groups is 1. The first-order valence-corrected chi connectivity index (χ1v) is 9.82. The molecule has 2 aromatic rings. The van der Waals surface area contributed by atoms with Gasteiger partial charge in [-0.1, -0.05) is 18.2 Å². The van der Waals surface area contributed by atoms with Gasteiger partial charge in [-0.3, -0.25) is 4.79 Å². The minimum Gasteiger partial charge on any atom is -0.423 e. The lowest BCUT2D eigenvalue weighted by Gasteiger charge is -2.15. The number of amides is 1. The van der Waals surface area contributed by atoms with Crippen LogP contribution in [-0.4, -0.2) is 35.6 Å². The largest absolute Gasteiger partial charge is 0.423 e. The highest BCUT2D eigenvalue weighted by molar-refractivity contribution is 8.00. The summed E-state index contributed by atoms with van der Waals surface area (Å²) in [6, 6.07) is 12.9. The third-order valence-corrected chi connectivity index (χ3v) is 5.66. The number of ether oxygens (including phenoxy) is 1. The SMILES string of the molecule is Cc1ccc(OC(=O)c2ccccc2SCC(=O)N2CCCC2)cc1C. The highest BCUT2D eigenvalue weighted by atomic mass is 32.2. The van der Waals surface area contributed by atoms with Gasteiger partial charge in [0.05, 0.1) is 11.3 Å². The Labute approximate surface area is 158 Å². The van der Waals surface area contributed by atoms with Gasteiger partial charge in [0.2, 0.25) is 5.91 Å². The number of likely N-dealkylation sites (tertiary alicyclic amines) is 1. The molecule has 0 spiro atoms. The van der Waals surface area contributed by atoms with Gasteiger partial charge in [0.1, 0.15) is 5.75 Å². The molecule has 1 aliphatic rings. The summed E-state index contributed by atoms with van der Waals surface area (Å²) in [6.07, 6.45) is 2.16. The zero-order chi connectivity index (χ0) is 18.5. The minimum atomic E-state index is -0.398. The molecule has 1 heterocycles. The number of nitrogens with zero attached hydrogens (tertiary/aromatic N) is 1. The molecule has 0 aromatic heterocycles. The molecule has 2 aromatic carbocycles. The van der Waals surface area contributed by atoms with Gasteiger partial charge in [-0.05, 0) is 62.1 Å². The summed E-state index contributed by atoms with van der Waals surface area (Å²) in [6.45, 7) is 5.69. The van der Waals surface area contributed by atoms with Crippen LogP contribution in [0.3, 0.4) is 0 Å². The molecule has 26 heavy (non-hydrogen) atoms. The molecule has 0 unspecified atom stereocenters. The topological polar surface area (TPSA) is 46.6 Å². The average molecular weight is 369 g/mol. The van der Waals surface area contributed by atoms with Crippen LogP contribution in [0.2, 0.25) is 0 Å². The zero-order valence-corrected chi connectivity index (χ0v) is 16.0. The fourth-order valence-corrected chi connectivity index (χ4v) is 3.84. The molecular weight excluding hydrogens is 346 g/mol. The van der Waals surface area contributed by atoms with E-state index in [0.717, 1.165) is 42.0 Å². The normalized spacial score (nSPS) is 13.7. The summed E-state index contributed by atoms with van der Waals surface area (Å²) in [4.78, 5) is 27.5. The van der Waals surface area contributed by atoms with Gasteiger partial charge in [-0.15, -0.1) is 11.8 Å². The van der Waals surface area contributed by atoms with Crippen molar-refractivity contribution in [3.8, 4) is 5.75 Å². The summed E-state index contributed by atoms with van der Waals surface area (Å²) in [5.41, 5.74) is 2.72. The molecule has 0 N–H and O–H groups in total. The van der Waals surface area contributed by atoms with E-state index in [2.05, 4.69) is 0 Å². The molecule has 1 fully saturated rings. The Kier molecular flexibility index (Phi) is 5.99. The predicted molar refractivity (Wildman–Crippen MR) is 104 cm³/mol. The van der Waals surface area contributed by atoms with E-state index in [4.69, 9.17) is 4.74 Å². The van der Waals surface area contributed by atoms with Gasteiger partial charge >= 0.3 is 5.97 Å². The number of aryl methyl sites for hydroxylation is 2. The fraction of sp³-hybridized carbons (Fsp3) is 0.333. The highest BCUT2D eigenvalue weighted by Crippen LogP contribution is 2.25. The summed E-state index contributed by atoms with van der Waals surface area (Å²) in [5, 5.41) is 0. The molecule has 3 rings (SSSR count). The van der Waals surface area contributed by atoms with Gasteiger partial charge in [-0.2, -0.15) is 0 Å². The van der Waals surface area contributed by atoms with Crippen LogP contribution in [0.15, 0.2) is 47.4 Å². The van der Waals surface area contributed by atoms with Crippen LogP contribution in [0.25, 0.3) is 0 Å². The van der Waals surface area contributed by atoms with Crippen molar-refractivity contribution in [3.05, 3.63) is 59.2 Å². The second-order valence-electron chi connectivity index (χ2n) is 6.51. The number of carbonyl (C=O) groups is 2. The van der Waals surface area contributed by atoms with Crippen LogP contribution in [-0.2, 0) is 4.79 Å². The second kappa shape index (κ2) is 8.41. The van der Waals surface area contributed by atoms with Crippen LogP contribution in [0.4, 0.5) is 0 Å². The van der Waals surface area contributed by atoms with Crippen LogP contribution >= 0.6 is 11.8 Å². The molecule has 1 aliphatic heterocycles. The zero-order valence-electron chi connectivity index (χ0n) is 15.2. The summed E-state index contributed by atoms with van der Waals surface area (Å²) >= 11 is 1.39. The van der Waals surface area contributed by atoms with Crippen molar-refractivity contribution < 1.29 is 14.3 Å². The van der Waals surface area contributed by atoms with E-state index >= 15 is 0 Å². The van der Waals surface area contributed by atoms with Crippen LogP contribution < -0.4 is 4.74 Å². The van der Waals surface area contributed by atoms with E-state index in [1.165, 1.54) is 11.8 Å².